The zero-order valence-electron chi connectivity index (χ0n) is 9.77. The Kier molecular flexibility index (Phi) is 3.84. The molecular weight excluding hydrogens is 258 g/mol. The van der Waals surface area contributed by atoms with Gasteiger partial charge in [-0.2, -0.15) is 4.98 Å². The van der Waals surface area contributed by atoms with Gasteiger partial charge in [0.15, 0.2) is 0 Å². The largest absolute Gasteiger partial charge is 0.481 e. The Balaban J connectivity index is 2.15. The zero-order chi connectivity index (χ0) is 13.8. The van der Waals surface area contributed by atoms with Crippen LogP contribution in [0.4, 0.5) is 8.78 Å². The summed E-state index contributed by atoms with van der Waals surface area (Å²) in [5.41, 5.74) is -0.351. The minimum Gasteiger partial charge on any atom is -0.481 e. The first-order chi connectivity index (χ1) is 9.08. The monoisotopic (exact) mass is 268 g/mol. The normalized spacial score (nSPS) is 10.6. The molecule has 2 aromatic rings. The van der Waals surface area contributed by atoms with Crippen LogP contribution < -0.4 is 0 Å². The number of hydrogen-bond acceptors (Lipinski definition) is 4. The topological polar surface area (TPSA) is 76.2 Å². The highest BCUT2D eigenvalue weighted by Gasteiger charge is 2.17. The van der Waals surface area contributed by atoms with Crippen molar-refractivity contribution in [3.8, 4) is 11.4 Å². The first-order valence-electron chi connectivity index (χ1n) is 5.56. The van der Waals surface area contributed by atoms with Crippen LogP contribution in [0.2, 0.25) is 0 Å². The van der Waals surface area contributed by atoms with Gasteiger partial charge < -0.3 is 9.63 Å². The fraction of sp³-hybridized carbons (Fsp3) is 0.250. The average molecular weight is 268 g/mol. The van der Waals surface area contributed by atoms with Crippen LogP contribution in [0, 0.1) is 11.6 Å². The molecule has 0 saturated heterocycles. The number of benzene rings is 1. The van der Waals surface area contributed by atoms with Gasteiger partial charge in [0.2, 0.25) is 11.7 Å². The third-order valence-electron chi connectivity index (χ3n) is 2.44. The van der Waals surface area contributed by atoms with E-state index in [4.69, 9.17) is 9.63 Å². The lowest BCUT2D eigenvalue weighted by Crippen LogP contribution is -1.96. The second-order valence-corrected chi connectivity index (χ2v) is 3.86. The van der Waals surface area contributed by atoms with Crippen molar-refractivity contribution in [2.75, 3.05) is 0 Å². The molecule has 2 rings (SSSR count). The van der Waals surface area contributed by atoms with E-state index in [0.29, 0.717) is 6.42 Å². The molecule has 7 heteroatoms. The summed E-state index contributed by atoms with van der Waals surface area (Å²) in [5.74, 6) is -2.52. The summed E-state index contributed by atoms with van der Waals surface area (Å²) in [6, 6.07) is 3.43. The van der Waals surface area contributed by atoms with Crippen LogP contribution in [0.15, 0.2) is 22.7 Å². The summed E-state index contributed by atoms with van der Waals surface area (Å²) >= 11 is 0. The van der Waals surface area contributed by atoms with Crippen molar-refractivity contribution in [2.24, 2.45) is 0 Å². The van der Waals surface area contributed by atoms with E-state index in [1.165, 1.54) is 6.07 Å². The molecular formula is C12H10F2N2O3. The Morgan fingerprint density at radius 2 is 2.00 bits per heavy atom. The van der Waals surface area contributed by atoms with Crippen LogP contribution in [0.1, 0.15) is 18.7 Å². The van der Waals surface area contributed by atoms with Crippen LogP contribution in [0.25, 0.3) is 11.4 Å². The van der Waals surface area contributed by atoms with Crippen molar-refractivity contribution in [1.82, 2.24) is 10.1 Å². The summed E-state index contributed by atoms with van der Waals surface area (Å²) in [6.07, 6.45) is 0.526. The van der Waals surface area contributed by atoms with Gasteiger partial charge in [-0.15, -0.1) is 0 Å². The smallest absolute Gasteiger partial charge is 0.303 e. The molecule has 0 aliphatic rings. The number of rotatable bonds is 5. The minimum atomic E-state index is -0.931. The number of nitrogens with zero attached hydrogens (tertiary/aromatic N) is 2. The van der Waals surface area contributed by atoms with Crippen molar-refractivity contribution >= 4 is 5.97 Å². The van der Waals surface area contributed by atoms with E-state index < -0.39 is 17.6 Å². The number of carbonyl (C=O) groups is 1. The number of aromatic nitrogens is 2. The predicted molar refractivity (Wildman–Crippen MR) is 60.2 cm³/mol. The summed E-state index contributed by atoms with van der Waals surface area (Å²) in [4.78, 5) is 14.2. The highest BCUT2D eigenvalue weighted by molar-refractivity contribution is 5.66. The molecule has 1 heterocycles. The van der Waals surface area contributed by atoms with Gasteiger partial charge in [-0.25, -0.2) is 8.78 Å². The third-order valence-corrected chi connectivity index (χ3v) is 2.44. The highest BCUT2D eigenvalue weighted by atomic mass is 19.1. The molecule has 100 valence electrons. The molecule has 0 bridgehead atoms. The fourth-order valence-electron chi connectivity index (χ4n) is 1.56. The maximum Gasteiger partial charge on any atom is 0.303 e. The number of carboxylic acid groups (broad SMARTS) is 1. The SMILES string of the molecule is O=C(O)CCCc1nc(-c2c(F)cccc2F)no1. The fourth-order valence-corrected chi connectivity index (χ4v) is 1.56. The maximum atomic E-state index is 13.5. The van der Waals surface area contributed by atoms with E-state index in [1.807, 2.05) is 0 Å². The zero-order valence-corrected chi connectivity index (χ0v) is 9.77. The summed E-state index contributed by atoms with van der Waals surface area (Å²) < 4.78 is 31.8. The van der Waals surface area contributed by atoms with Crippen molar-refractivity contribution in [3.63, 3.8) is 0 Å². The summed E-state index contributed by atoms with van der Waals surface area (Å²) in [6.45, 7) is 0. The first-order valence-corrected chi connectivity index (χ1v) is 5.56. The summed E-state index contributed by atoms with van der Waals surface area (Å²) in [5, 5.41) is 12.0. The van der Waals surface area contributed by atoms with Crippen molar-refractivity contribution in [2.45, 2.75) is 19.3 Å². The molecule has 0 amide bonds. The van der Waals surface area contributed by atoms with Crippen LogP contribution in [0.3, 0.4) is 0 Å². The van der Waals surface area contributed by atoms with E-state index in [-0.39, 0.29) is 30.1 Å². The Labute approximate surface area is 106 Å². The third kappa shape index (κ3) is 3.12. The van der Waals surface area contributed by atoms with Gasteiger partial charge >= 0.3 is 5.97 Å². The van der Waals surface area contributed by atoms with E-state index >= 15 is 0 Å². The standard InChI is InChI=1S/C12H10F2N2O3/c13-7-3-1-4-8(14)11(7)12-15-9(19-16-12)5-2-6-10(17)18/h1,3-4H,2,5-6H2,(H,17,18). The minimum absolute atomic E-state index is 0.0359. The van der Waals surface area contributed by atoms with Gasteiger partial charge in [-0.3, -0.25) is 4.79 Å². The molecule has 0 unspecified atom stereocenters. The average Bonchev–Trinajstić information content (AvgIpc) is 2.77. The quantitative estimate of drug-likeness (QED) is 0.901. The molecule has 0 aliphatic heterocycles. The number of halogens is 2. The molecule has 0 atom stereocenters. The number of aliphatic carboxylic acids is 1. The molecule has 0 spiro atoms. The second-order valence-electron chi connectivity index (χ2n) is 3.86. The Morgan fingerprint density at radius 1 is 1.32 bits per heavy atom. The Bertz CT molecular complexity index is 578. The van der Waals surface area contributed by atoms with Crippen LogP contribution in [0.5, 0.6) is 0 Å². The first kappa shape index (κ1) is 13.1. The molecule has 1 N–H and O–H groups in total. The number of aryl methyl sites for hydroxylation is 1. The van der Waals surface area contributed by atoms with E-state index in [1.54, 1.807) is 0 Å². The van der Waals surface area contributed by atoms with E-state index in [0.717, 1.165) is 12.1 Å². The van der Waals surface area contributed by atoms with E-state index in [9.17, 15) is 13.6 Å². The lowest BCUT2D eigenvalue weighted by molar-refractivity contribution is -0.137. The van der Waals surface area contributed by atoms with Gasteiger partial charge in [0.05, 0.1) is 5.56 Å². The molecule has 0 saturated carbocycles. The van der Waals surface area contributed by atoms with Crippen molar-refractivity contribution in [1.29, 1.82) is 0 Å². The molecule has 1 aromatic carbocycles. The maximum absolute atomic E-state index is 13.5. The van der Waals surface area contributed by atoms with Crippen molar-refractivity contribution in [3.05, 3.63) is 35.7 Å². The van der Waals surface area contributed by atoms with Crippen LogP contribution >= 0.6 is 0 Å². The van der Waals surface area contributed by atoms with Gasteiger partial charge in [0.1, 0.15) is 11.6 Å². The lowest BCUT2D eigenvalue weighted by Gasteiger charge is -1.97. The molecule has 5 nitrogen and oxygen atoms in total. The lowest BCUT2D eigenvalue weighted by atomic mass is 10.2. The second kappa shape index (κ2) is 5.55. The predicted octanol–water partition coefficient (Wildman–Crippen LogP) is 2.42. The molecule has 1 aromatic heterocycles. The van der Waals surface area contributed by atoms with Gasteiger partial charge in [0.25, 0.3) is 0 Å². The highest BCUT2D eigenvalue weighted by Crippen LogP contribution is 2.23. The van der Waals surface area contributed by atoms with Crippen LogP contribution in [-0.4, -0.2) is 21.2 Å². The molecule has 0 fully saturated rings. The summed E-state index contributed by atoms with van der Waals surface area (Å²) in [7, 11) is 0. The van der Waals surface area contributed by atoms with Crippen molar-refractivity contribution < 1.29 is 23.2 Å². The van der Waals surface area contributed by atoms with Gasteiger partial charge in [-0.1, -0.05) is 11.2 Å². The molecule has 0 aliphatic carbocycles. The number of carboxylic acids is 1. The van der Waals surface area contributed by atoms with Gasteiger partial charge in [-0.05, 0) is 18.6 Å². The Hall–Kier alpha value is -2.31. The van der Waals surface area contributed by atoms with Crippen LogP contribution in [-0.2, 0) is 11.2 Å². The van der Waals surface area contributed by atoms with Gasteiger partial charge in [0, 0.05) is 12.8 Å². The molecule has 19 heavy (non-hydrogen) atoms. The van der Waals surface area contributed by atoms with E-state index in [2.05, 4.69) is 10.1 Å². The number of hydrogen-bond donors (Lipinski definition) is 1. The molecule has 0 radical (unpaired) electrons. The Morgan fingerprint density at radius 3 is 2.63 bits per heavy atom.